The van der Waals surface area contributed by atoms with Crippen molar-refractivity contribution in [2.75, 3.05) is 5.75 Å². The van der Waals surface area contributed by atoms with Crippen molar-refractivity contribution in [1.29, 1.82) is 0 Å². The summed E-state index contributed by atoms with van der Waals surface area (Å²) in [4.78, 5) is 13.0. The fourth-order valence-electron chi connectivity index (χ4n) is 3.64. The Bertz CT molecular complexity index is 1170. The smallest absolute Gasteiger partial charge is 0.214 e. The van der Waals surface area contributed by atoms with Crippen molar-refractivity contribution < 1.29 is 9.21 Å². The van der Waals surface area contributed by atoms with E-state index >= 15 is 0 Å². The summed E-state index contributed by atoms with van der Waals surface area (Å²) < 4.78 is 9.26. The van der Waals surface area contributed by atoms with Crippen LogP contribution in [0.4, 0.5) is 0 Å². The van der Waals surface area contributed by atoms with Gasteiger partial charge < -0.3 is 8.98 Å². The van der Waals surface area contributed by atoms with Gasteiger partial charge >= 0.3 is 0 Å². The number of carbonyl (C=O) groups excluding carboxylic acids is 1. The fraction of sp³-hybridized carbons (Fsp3) is 0.273. The van der Waals surface area contributed by atoms with Crippen molar-refractivity contribution >= 4 is 17.5 Å². The Morgan fingerprint density at radius 2 is 1.87 bits per heavy atom. The second kappa shape index (κ2) is 8.31. The monoisotopic (exact) mass is 421 g/mol. The van der Waals surface area contributed by atoms with Gasteiger partial charge in [-0.25, -0.2) is 0 Å². The molecule has 1 aromatic carbocycles. The number of tetrazole rings is 1. The van der Waals surface area contributed by atoms with Crippen LogP contribution in [0.5, 0.6) is 0 Å². The molecule has 7 nitrogen and oxygen atoms in total. The molecular formula is C22H23N5O2S. The molecule has 0 spiro atoms. The van der Waals surface area contributed by atoms with Crippen LogP contribution in [0.3, 0.4) is 0 Å². The number of rotatable bonds is 7. The standard InChI is InChI=1S/C22H23N5O2S/c1-14-7-5-8-15(2)21(14)27-22(23-24-25-27)30-13-20(28)19-11-16(3)26(17(19)4)12-18-9-6-10-29-18/h5-11H,12-13H2,1-4H3. The van der Waals surface area contributed by atoms with Gasteiger partial charge in [-0.15, -0.1) is 5.10 Å². The van der Waals surface area contributed by atoms with Crippen molar-refractivity contribution in [3.8, 4) is 5.69 Å². The minimum atomic E-state index is 0.0508. The topological polar surface area (TPSA) is 78.7 Å². The van der Waals surface area contributed by atoms with E-state index in [0.29, 0.717) is 11.7 Å². The van der Waals surface area contributed by atoms with Crippen LogP contribution in [0.15, 0.2) is 52.2 Å². The quantitative estimate of drug-likeness (QED) is 0.327. The molecule has 0 aliphatic carbocycles. The lowest BCUT2D eigenvalue weighted by molar-refractivity contribution is 0.102. The van der Waals surface area contributed by atoms with Gasteiger partial charge in [0.25, 0.3) is 0 Å². The molecule has 30 heavy (non-hydrogen) atoms. The van der Waals surface area contributed by atoms with Crippen LogP contribution in [0, 0.1) is 27.7 Å². The predicted molar refractivity (Wildman–Crippen MR) is 115 cm³/mol. The van der Waals surface area contributed by atoms with Gasteiger partial charge in [-0.1, -0.05) is 30.0 Å². The number of hydrogen-bond acceptors (Lipinski definition) is 6. The number of aromatic nitrogens is 5. The third kappa shape index (κ3) is 3.82. The maximum absolute atomic E-state index is 13.0. The summed E-state index contributed by atoms with van der Waals surface area (Å²) in [5, 5.41) is 12.7. The zero-order valence-electron chi connectivity index (χ0n) is 17.4. The van der Waals surface area contributed by atoms with Gasteiger partial charge in [0.1, 0.15) is 5.76 Å². The Labute approximate surface area is 179 Å². The molecule has 8 heteroatoms. The molecule has 0 aliphatic rings. The van der Waals surface area contributed by atoms with Crippen LogP contribution >= 0.6 is 11.8 Å². The van der Waals surface area contributed by atoms with E-state index in [0.717, 1.165) is 39.5 Å². The fourth-order valence-corrected chi connectivity index (χ4v) is 4.40. The lowest BCUT2D eigenvalue weighted by Gasteiger charge is -2.10. The average Bonchev–Trinajstić information content (AvgIpc) is 3.44. The van der Waals surface area contributed by atoms with Gasteiger partial charge in [-0.2, -0.15) is 4.68 Å². The largest absolute Gasteiger partial charge is 0.467 e. The first-order valence-electron chi connectivity index (χ1n) is 9.65. The molecular weight excluding hydrogens is 398 g/mol. The number of Topliss-reactive ketones (excluding diaryl/α,β-unsaturated/α-hetero) is 1. The van der Waals surface area contributed by atoms with E-state index in [2.05, 4.69) is 20.1 Å². The molecule has 0 radical (unpaired) electrons. The molecule has 0 aliphatic heterocycles. The third-order valence-corrected chi connectivity index (χ3v) is 6.11. The molecule has 154 valence electrons. The maximum Gasteiger partial charge on any atom is 0.214 e. The first-order chi connectivity index (χ1) is 14.5. The Balaban J connectivity index is 1.52. The van der Waals surface area contributed by atoms with Crippen LogP contribution in [0.2, 0.25) is 0 Å². The van der Waals surface area contributed by atoms with Crippen LogP contribution in [-0.4, -0.2) is 36.3 Å². The number of para-hydroxylation sites is 1. The van der Waals surface area contributed by atoms with Gasteiger partial charge in [-0.3, -0.25) is 4.79 Å². The summed E-state index contributed by atoms with van der Waals surface area (Å²) >= 11 is 1.35. The molecule has 0 fully saturated rings. The number of carbonyl (C=O) groups is 1. The van der Waals surface area contributed by atoms with Gasteiger partial charge in [0.05, 0.1) is 24.2 Å². The summed E-state index contributed by atoms with van der Waals surface area (Å²) in [5.41, 5.74) is 5.79. The van der Waals surface area contributed by atoms with E-state index in [4.69, 9.17) is 4.42 Å². The highest BCUT2D eigenvalue weighted by molar-refractivity contribution is 7.99. The van der Waals surface area contributed by atoms with Crippen molar-refractivity contribution in [3.63, 3.8) is 0 Å². The highest BCUT2D eigenvalue weighted by Crippen LogP contribution is 2.25. The average molecular weight is 422 g/mol. The highest BCUT2D eigenvalue weighted by Gasteiger charge is 2.19. The summed E-state index contributed by atoms with van der Waals surface area (Å²) in [6.07, 6.45) is 1.66. The van der Waals surface area contributed by atoms with Crippen LogP contribution in [0.25, 0.3) is 5.69 Å². The minimum absolute atomic E-state index is 0.0508. The summed E-state index contributed by atoms with van der Waals surface area (Å²) in [6.45, 7) is 8.63. The summed E-state index contributed by atoms with van der Waals surface area (Å²) in [6, 6.07) is 11.8. The second-order valence-electron chi connectivity index (χ2n) is 7.28. The zero-order valence-corrected chi connectivity index (χ0v) is 18.2. The zero-order chi connectivity index (χ0) is 21.3. The van der Waals surface area contributed by atoms with E-state index in [1.165, 1.54) is 11.8 Å². The molecule has 0 amide bonds. The number of furan rings is 1. The molecule has 3 aromatic heterocycles. The Hall–Kier alpha value is -3.13. The van der Waals surface area contributed by atoms with Crippen molar-refractivity contribution in [1.82, 2.24) is 24.8 Å². The first-order valence-corrected chi connectivity index (χ1v) is 10.6. The highest BCUT2D eigenvalue weighted by atomic mass is 32.2. The molecule has 0 saturated heterocycles. The van der Waals surface area contributed by atoms with Gasteiger partial charge in [0, 0.05) is 17.0 Å². The number of nitrogens with zero attached hydrogens (tertiary/aromatic N) is 5. The third-order valence-electron chi connectivity index (χ3n) is 5.19. The van der Waals surface area contributed by atoms with Crippen molar-refractivity contribution in [2.24, 2.45) is 0 Å². The number of thioether (sulfide) groups is 1. The lowest BCUT2D eigenvalue weighted by Crippen LogP contribution is -2.09. The molecule has 3 heterocycles. The maximum atomic E-state index is 13.0. The molecule has 0 bridgehead atoms. The lowest BCUT2D eigenvalue weighted by atomic mass is 10.1. The number of benzene rings is 1. The van der Waals surface area contributed by atoms with Crippen LogP contribution in [0.1, 0.15) is 38.6 Å². The van der Waals surface area contributed by atoms with E-state index in [1.54, 1.807) is 10.9 Å². The normalized spacial score (nSPS) is 11.2. The second-order valence-corrected chi connectivity index (χ2v) is 8.22. The molecule has 4 rings (SSSR count). The Kier molecular flexibility index (Phi) is 5.59. The number of aryl methyl sites for hydroxylation is 3. The summed E-state index contributed by atoms with van der Waals surface area (Å²) in [7, 11) is 0. The summed E-state index contributed by atoms with van der Waals surface area (Å²) in [5.74, 6) is 1.17. The van der Waals surface area contributed by atoms with Gasteiger partial charge in [0.2, 0.25) is 5.16 Å². The van der Waals surface area contributed by atoms with Crippen molar-refractivity contribution in [3.05, 3.63) is 76.5 Å². The number of hydrogen-bond donors (Lipinski definition) is 0. The Morgan fingerprint density at radius 3 is 2.57 bits per heavy atom. The predicted octanol–water partition coefficient (Wildman–Crippen LogP) is 4.31. The number of ketones is 1. The van der Waals surface area contributed by atoms with E-state index in [-0.39, 0.29) is 11.5 Å². The molecule has 4 aromatic rings. The van der Waals surface area contributed by atoms with Gasteiger partial charge in [-0.05, 0) is 67.4 Å². The SMILES string of the molecule is Cc1cccc(C)c1-n1nnnc1SCC(=O)c1cc(C)n(Cc2ccco2)c1C. The van der Waals surface area contributed by atoms with Crippen LogP contribution in [-0.2, 0) is 6.54 Å². The Morgan fingerprint density at radius 1 is 1.10 bits per heavy atom. The van der Waals surface area contributed by atoms with E-state index in [1.807, 2.05) is 64.1 Å². The van der Waals surface area contributed by atoms with E-state index in [9.17, 15) is 4.79 Å². The molecule has 0 saturated carbocycles. The van der Waals surface area contributed by atoms with E-state index < -0.39 is 0 Å². The molecule has 0 atom stereocenters. The molecule has 0 N–H and O–H groups in total. The van der Waals surface area contributed by atoms with Crippen LogP contribution < -0.4 is 0 Å². The van der Waals surface area contributed by atoms with Crippen molar-refractivity contribution in [2.45, 2.75) is 39.4 Å². The minimum Gasteiger partial charge on any atom is -0.467 e. The van der Waals surface area contributed by atoms with Gasteiger partial charge in [0.15, 0.2) is 5.78 Å². The first kappa shape index (κ1) is 20.2. The molecule has 0 unspecified atom stereocenters.